The summed E-state index contributed by atoms with van der Waals surface area (Å²) in [6.07, 6.45) is 4.01. The van der Waals surface area contributed by atoms with Crippen LogP contribution in [0, 0.1) is 0 Å². The van der Waals surface area contributed by atoms with Gasteiger partial charge in [0.2, 0.25) is 0 Å². The molecule has 1 N–H and O–H groups in total. The zero-order valence-electron chi connectivity index (χ0n) is 7.62. The normalized spacial score (nSPS) is 22.6. The van der Waals surface area contributed by atoms with Gasteiger partial charge >= 0.3 is 0 Å². The first-order valence-electron chi connectivity index (χ1n) is 4.43. The predicted octanol–water partition coefficient (Wildman–Crippen LogP) is 2.19. The van der Waals surface area contributed by atoms with Gasteiger partial charge in [-0.2, -0.15) is 8.42 Å². The smallest absolute Gasteiger partial charge is 0.266 e. The summed E-state index contributed by atoms with van der Waals surface area (Å²) >= 11 is 11.3. The molecule has 0 atom stereocenters. The second kappa shape index (κ2) is 4.53. The summed E-state index contributed by atoms with van der Waals surface area (Å²) in [5.41, 5.74) is -0.811. The summed E-state index contributed by atoms with van der Waals surface area (Å²) in [4.78, 5) is 0. The van der Waals surface area contributed by atoms with Crippen molar-refractivity contribution in [1.82, 2.24) is 3.94 Å². The summed E-state index contributed by atoms with van der Waals surface area (Å²) < 4.78 is 31.3. The third kappa shape index (κ3) is 3.24. The van der Waals surface area contributed by atoms with Crippen LogP contribution >= 0.6 is 23.6 Å². The molecule has 0 saturated heterocycles. The van der Waals surface area contributed by atoms with Crippen LogP contribution in [0.4, 0.5) is 0 Å². The van der Waals surface area contributed by atoms with Crippen LogP contribution in [0.2, 0.25) is 0 Å². The number of nitrogens with zero attached hydrogens (tertiary/aromatic N) is 1. The van der Waals surface area contributed by atoms with Crippen molar-refractivity contribution in [2.45, 2.75) is 37.6 Å². The number of hydrogen-bond donors (Lipinski definition) is 1. The van der Waals surface area contributed by atoms with E-state index in [1.165, 1.54) is 0 Å². The Hall–Kier alpha value is 0.450. The van der Waals surface area contributed by atoms with Gasteiger partial charge < -0.3 is 0 Å². The topological polar surface area (TPSA) is 57.6 Å². The molecule has 1 aliphatic rings. The molecule has 0 aromatic carbocycles. The molecule has 0 bridgehead atoms. The van der Waals surface area contributed by atoms with E-state index in [9.17, 15) is 8.42 Å². The standard InChI is InChI=1S/C7H13Cl2NO3S/c8-10(9)7(6-14(11,12)13)4-2-1-3-5-7/h1-6H2,(H,11,12,13). The molecule has 84 valence electrons. The zero-order chi connectivity index (χ0) is 10.8. The molecule has 0 aromatic rings. The lowest BCUT2D eigenvalue weighted by Gasteiger charge is -2.37. The Kier molecular flexibility index (Phi) is 4.05. The van der Waals surface area contributed by atoms with Crippen LogP contribution in [0.25, 0.3) is 0 Å². The molecule has 0 aliphatic heterocycles. The van der Waals surface area contributed by atoms with E-state index in [4.69, 9.17) is 28.1 Å². The average molecular weight is 262 g/mol. The van der Waals surface area contributed by atoms with Crippen molar-refractivity contribution in [2.24, 2.45) is 0 Å². The van der Waals surface area contributed by atoms with E-state index in [-0.39, 0.29) is 0 Å². The molecule has 0 spiro atoms. The molecule has 0 aromatic heterocycles. The second-order valence-corrected chi connectivity index (χ2v) is 6.05. The van der Waals surface area contributed by atoms with Crippen molar-refractivity contribution in [3.8, 4) is 0 Å². The van der Waals surface area contributed by atoms with E-state index in [2.05, 4.69) is 0 Å². The van der Waals surface area contributed by atoms with E-state index in [0.717, 1.165) is 23.2 Å². The lowest BCUT2D eigenvalue weighted by atomic mass is 9.84. The Balaban J connectivity index is 2.81. The highest BCUT2D eigenvalue weighted by Crippen LogP contribution is 2.37. The molecule has 4 nitrogen and oxygen atoms in total. The van der Waals surface area contributed by atoms with Crippen LogP contribution in [0.15, 0.2) is 0 Å². The van der Waals surface area contributed by atoms with Gasteiger partial charge in [0.1, 0.15) is 0 Å². The highest BCUT2D eigenvalue weighted by Gasteiger charge is 2.40. The first kappa shape index (κ1) is 12.5. The summed E-state index contributed by atoms with van der Waals surface area (Å²) in [7, 11) is -4.04. The fourth-order valence-corrected chi connectivity index (χ4v) is 3.61. The molecule has 0 unspecified atom stereocenters. The van der Waals surface area contributed by atoms with E-state index >= 15 is 0 Å². The maximum atomic E-state index is 10.8. The van der Waals surface area contributed by atoms with Gasteiger partial charge in [-0.3, -0.25) is 4.55 Å². The number of halogens is 2. The molecule has 1 fully saturated rings. The molecule has 7 heteroatoms. The lowest BCUT2D eigenvalue weighted by molar-refractivity contribution is 0.223. The fourth-order valence-electron chi connectivity index (χ4n) is 1.91. The van der Waals surface area contributed by atoms with Crippen molar-refractivity contribution in [3.63, 3.8) is 0 Å². The number of hydrogen-bond acceptors (Lipinski definition) is 3. The zero-order valence-corrected chi connectivity index (χ0v) is 9.95. The maximum Gasteiger partial charge on any atom is 0.266 e. The predicted molar refractivity (Wildman–Crippen MR) is 55.8 cm³/mol. The van der Waals surface area contributed by atoms with Gasteiger partial charge in [0.05, 0.1) is 11.3 Å². The summed E-state index contributed by atoms with van der Waals surface area (Å²) in [5.74, 6) is -0.396. The van der Waals surface area contributed by atoms with Gasteiger partial charge in [0.15, 0.2) is 0 Å². The van der Waals surface area contributed by atoms with E-state index in [1.807, 2.05) is 0 Å². The van der Waals surface area contributed by atoms with Crippen LogP contribution in [0.1, 0.15) is 32.1 Å². The van der Waals surface area contributed by atoms with Crippen molar-refractivity contribution in [1.29, 1.82) is 0 Å². The molecular formula is C7H13Cl2NO3S. The first-order valence-corrected chi connectivity index (χ1v) is 6.71. The summed E-state index contributed by atoms with van der Waals surface area (Å²) in [6.45, 7) is 0. The van der Waals surface area contributed by atoms with Crippen molar-refractivity contribution in [3.05, 3.63) is 0 Å². The highest BCUT2D eigenvalue weighted by molar-refractivity contribution is 7.85. The first-order chi connectivity index (χ1) is 6.36. The highest BCUT2D eigenvalue weighted by atomic mass is 35.5. The maximum absolute atomic E-state index is 10.8. The quantitative estimate of drug-likeness (QED) is 0.625. The van der Waals surface area contributed by atoms with E-state index in [1.54, 1.807) is 0 Å². The van der Waals surface area contributed by atoms with Gasteiger partial charge in [0, 0.05) is 0 Å². The molecule has 1 aliphatic carbocycles. The molecule has 0 radical (unpaired) electrons. The Morgan fingerprint density at radius 2 is 1.71 bits per heavy atom. The van der Waals surface area contributed by atoms with Crippen molar-refractivity contribution < 1.29 is 13.0 Å². The second-order valence-electron chi connectivity index (χ2n) is 3.74. The largest absolute Gasteiger partial charge is 0.285 e. The van der Waals surface area contributed by atoms with E-state index in [0.29, 0.717) is 12.8 Å². The summed E-state index contributed by atoms with van der Waals surface area (Å²) in [5, 5.41) is 0. The Morgan fingerprint density at radius 3 is 2.07 bits per heavy atom. The van der Waals surface area contributed by atoms with Crippen LogP contribution in [0.5, 0.6) is 0 Å². The fraction of sp³-hybridized carbons (Fsp3) is 1.00. The van der Waals surface area contributed by atoms with Crippen LogP contribution < -0.4 is 0 Å². The van der Waals surface area contributed by atoms with Gasteiger partial charge in [-0.15, -0.1) is 3.94 Å². The van der Waals surface area contributed by atoms with Crippen LogP contribution in [-0.4, -0.2) is 28.2 Å². The van der Waals surface area contributed by atoms with Crippen molar-refractivity contribution in [2.75, 3.05) is 5.75 Å². The third-order valence-electron chi connectivity index (χ3n) is 2.59. The van der Waals surface area contributed by atoms with Gasteiger partial charge in [0.25, 0.3) is 10.1 Å². The Bertz CT molecular complexity index is 285. The summed E-state index contributed by atoms with van der Waals surface area (Å²) in [6, 6.07) is 0. The minimum Gasteiger partial charge on any atom is -0.285 e. The minimum absolute atomic E-state index is 0.396. The molecule has 1 rings (SSSR count). The molecular weight excluding hydrogens is 249 g/mol. The monoisotopic (exact) mass is 261 g/mol. The molecule has 1 saturated carbocycles. The SMILES string of the molecule is O=S(=O)(O)CC1(N(Cl)Cl)CCCCC1. The Morgan fingerprint density at radius 1 is 1.21 bits per heavy atom. The molecule has 0 amide bonds. The van der Waals surface area contributed by atoms with Gasteiger partial charge in [-0.05, 0) is 36.4 Å². The van der Waals surface area contributed by atoms with Gasteiger partial charge in [-0.25, -0.2) is 0 Å². The molecule has 0 heterocycles. The number of rotatable bonds is 3. The van der Waals surface area contributed by atoms with Gasteiger partial charge in [-0.1, -0.05) is 19.3 Å². The Labute approximate surface area is 94.1 Å². The molecule has 14 heavy (non-hydrogen) atoms. The van der Waals surface area contributed by atoms with Crippen LogP contribution in [-0.2, 0) is 10.1 Å². The van der Waals surface area contributed by atoms with Crippen molar-refractivity contribution >= 4 is 33.7 Å². The van der Waals surface area contributed by atoms with E-state index < -0.39 is 21.4 Å². The third-order valence-corrected chi connectivity index (χ3v) is 4.21. The van der Waals surface area contributed by atoms with Crippen LogP contribution in [0.3, 0.4) is 0 Å². The average Bonchev–Trinajstić information content (AvgIpc) is 2.02. The lowest BCUT2D eigenvalue weighted by Crippen LogP contribution is -2.46. The minimum atomic E-state index is -4.04.